The molecule has 0 amide bonds. The molecule has 0 aromatic heterocycles. The number of ether oxygens (including phenoxy) is 3. The number of methoxy groups -OCH3 is 1. The van der Waals surface area contributed by atoms with Gasteiger partial charge in [0.15, 0.2) is 11.6 Å². The third kappa shape index (κ3) is 7.84. The van der Waals surface area contributed by atoms with E-state index in [0.29, 0.717) is 15.7 Å². The van der Waals surface area contributed by atoms with Crippen molar-refractivity contribution in [3.63, 3.8) is 0 Å². The Bertz CT molecular complexity index is 1030. The summed E-state index contributed by atoms with van der Waals surface area (Å²) >= 11 is 1.76. The van der Waals surface area contributed by atoms with E-state index in [2.05, 4.69) is 4.99 Å². The molecule has 2 aromatic rings. The normalized spacial score (nSPS) is 13.2. The topological polar surface area (TPSA) is 97.6 Å². The summed E-state index contributed by atoms with van der Waals surface area (Å²) in [6, 6.07) is 9.15. The van der Waals surface area contributed by atoms with Crippen LogP contribution < -0.4 is 0 Å². The van der Waals surface area contributed by atoms with E-state index in [9.17, 15) is 23.8 Å². The minimum atomic E-state index is -1.31. The SMILES string of the molecule is CCOC(=O)/C(C=NCC(O)c1cccc(COCOC)c1)=C(/O)c1cc(I)cc(F)c1F. The zero-order chi connectivity index (χ0) is 24.4. The fourth-order valence-corrected chi connectivity index (χ4v) is 3.36. The van der Waals surface area contributed by atoms with Crippen LogP contribution in [0.1, 0.15) is 29.7 Å². The van der Waals surface area contributed by atoms with Crippen molar-refractivity contribution in [3.8, 4) is 0 Å². The number of hydrogen-bond donors (Lipinski definition) is 2. The summed E-state index contributed by atoms with van der Waals surface area (Å²) in [6.07, 6.45) is -0.0553. The Labute approximate surface area is 203 Å². The van der Waals surface area contributed by atoms with Gasteiger partial charge in [-0.3, -0.25) is 4.99 Å². The van der Waals surface area contributed by atoms with Gasteiger partial charge in [0.2, 0.25) is 0 Å². The van der Waals surface area contributed by atoms with E-state index < -0.39 is 40.6 Å². The van der Waals surface area contributed by atoms with Gasteiger partial charge in [-0.05, 0) is 52.8 Å². The van der Waals surface area contributed by atoms with Crippen LogP contribution in [0.2, 0.25) is 0 Å². The summed E-state index contributed by atoms with van der Waals surface area (Å²) in [6.45, 7) is 1.81. The highest BCUT2D eigenvalue weighted by molar-refractivity contribution is 14.1. The van der Waals surface area contributed by atoms with Crippen LogP contribution in [0.3, 0.4) is 0 Å². The van der Waals surface area contributed by atoms with Crippen molar-refractivity contribution in [2.75, 3.05) is 27.1 Å². The molecule has 0 aliphatic heterocycles. The predicted octanol–water partition coefficient (Wildman–Crippen LogP) is 4.33. The summed E-state index contributed by atoms with van der Waals surface area (Å²) in [4.78, 5) is 16.3. The van der Waals surface area contributed by atoms with Gasteiger partial charge in [-0.1, -0.05) is 24.3 Å². The largest absolute Gasteiger partial charge is 0.506 e. The lowest BCUT2D eigenvalue weighted by Crippen LogP contribution is -2.13. The Kier molecular flexibility index (Phi) is 10.8. The van der Waals surface area contributed by atoms with Crippen molar-refractivity contribution in [2.24, 2.45) is 4.99 Å². The third-order valence-corrected chi connectivity index (χ3v) is 4.93. The minimum Gasteiger partial charge on any atom is -0.506 e. The maximum Gasteiger partial charge on any atom is 0.343 e. The van der Waals surface area contributed by atoms with E-state index in [1.165, 1.54) is 13.2 Å². The first kappa shape index (κ1) is 26.8. The van der Waals surface area contributed by atoms with Crippen LogP contribution in [0.25, 0.3) is 5.76 Å². The molecule has 2 N–H and O–H groups in total. The van der Waals surface area contributed by atoms with E-state index in [1.807, 2.05) is 6.07 Å². The molecule has 2 aromatic carbocycles. The predicted molar refractivity (Wildman–Crippen MR) is 127 cm³/mol. The Hall–Kier alpha value is -2.41. The van der Waals surface area contributed by atoms with Crippen molar-refractivity contribution in [2.45, 2.75) is 19.6 Å². The Morgan fingerprint density at radius 1 is 1.27 bits per heavy atom. The molecule has 0 saturated carbocycles. The van der Waals surface area contributed by atoms with Crippen molar-refractivity contribution in [1.82, 2.24) is 0 Å². The highest BCUT2D eigenvalue weighted by Gasteiger charge is 2.21. The van der Waals surface area contributed by atoms with E-state index in [-0.39, 0.29) is 19.9 Å². The molecule has 0 spiro atoms. The van der Waals surface area contributed by atoms with Gasteiger partial charge < -0.3 is 24.4 Å². The molecule has 10 heteroatoms. The number of benzene rings is 2. The van der Waals surface area contributed by atoms with E-state index in [4.69, 9.17) is 14.2 Å². The van der Waals surface area contributed by atoms with Gasteiger partial charge >= 0.3 is 5.97 Å². The number of aliphatic hydroxyl groups excluding tert-OH is 2. The average molecular weight is 575 g/mol. The van der Waals surface area contributed by atoms with Gasteiger partial charge in [-0.15, -0.1) is 0 Å². The summed E-state index contributed by atoms with van der Waals surface area (Å²) in [5.41, 5.74) is 0.403. The fourth-order valence-electron chi connectivity index (χ4n) is 2.78. The first-order chi connectivity index (χ1) is 15.8. The van der Waals surface area contributed by atoms with Gasteiger partial charge in [0, 0.05) is 16.9 Å². The first-order valence-corrected chi connectivity index (χ1v) is 10.9. The average Bonchev–Trinajstić information content (AvgIpc) is 2.79. The van der Waals surface area contributed by atoms with Crippen molar-refractivity contribution >= 4 is 40.5 Å². The zero-order valence-corrected chi connectivity index (χ0v) is 20.2. The summed E-state index contributed by atoms with van der Waals surface area (Å²) in [7, 11) is 1.51. The van der Waals surface area contributed by atoms with Crippen molar-refractivity contribution in [3.05, 3.63) is 73.9 Å². The maximum atomic E-state index is 14.2. The lowest BCUT2D eigenvalue weighted by molar-refractivity contribution is -0.137. The number of rotatable bonds is 11. The number of carbonyl (C=O) groups excluding carboxylic acids is 1. The second kappa shape index (κ2) is 13.3. The molecule has 33 heavy (non-hydrogen) atoms. The molecule has 7 nitrogen and oxygen atoms in total. The van der Waals surface area contributed by atoms with Crippen molar-refractivity contribution < 1.29 is 38.0 Å². The lowest BCUT2D eigenvalue weighted by atomic mass is 10.1. The molecule has 0 aliphatic carbocycles. The maximum absolute atomic E-state index is 14.2. The molecular formula is C23H24F2INO6. The standard InChI is InChI=1S/C23H24F2INO6/c1-3-33-23(30)18(22(29)17-8-16(26)9-19(24)21(17)25)10-27-11-20(28)15-6-4-5-14(7-15)12-32-13-31-2/h4-10,20,28-29H,3,11-13H2,1-2H3/b22-18+,27-10?. The van der Waals surface area contributed by atoms with Crippen LogP contribution in [0.15, 0.2) is 47.0 Å². The fraction of sp³-hybridized carbons (Fsp3) is 0.304. The number of hydrogen-bond acceptors (Lipinski definition) is 7. The van der Waals surface area contributed by atoms with Crippen LogP contribution in [0.4, 0.5) is 8.78 Å². The van der Waals surface area contributed by atoms with Gasteiger partial charge in [-0.2, -0.15) is 0 Å². The molecule has 0 radical (unpaired) electrons. The van der Waals surface area contributed by atoms with E-state index >= 15 is 0 Å². The summed E-state index contributed by atoms with van der Waals surface area (Å²) in [5, 5.41) is 21.0. The highest BCUT2D eigenvalue weighted by Crippen LogP contribution is 2.24. The second-order valence-corrected chi connectivity index (χ2v) is 7.99. The second-order valence-electron chi connectivity index (χ2n) is 6.74. The van der Waals surface area contributed by atoms with E-state index in [0.717, 1.165) is 17.8 Å². The number of carbonyl (C=O) groups is 1. The van der Waals surface area contributed by atoms with Gasteiger partial charge in [0.05, 0.1) is 31.4 Å². The van der Waals surface area contributed by atoms with Gasteiger partial charge in [-0.25, -0.2) is 13.6 Å². The molecule has 0 aliphatic rings. The minimum absolute atomic E-state index is 0.00677. The third-order valence-electron chi connectivity index (χ3n) is 4.30. The molecule has 0 fully saturated rings. The monoisotopic (exact) mass is 575 g/mol. The number of nitrogens with zero attached hydrogens (tertiary/aromatic N) is 1. The first-order valence-electron chi connectivity index (χ1n) is 9.87. The number of halogens is 3. The molecule has 0 saturated heterocycles. The molecule has 0 heterocycles. The highest BCUT2D eigenvalue weighted by atomic mass is 127. The van der Waals surface area contributed by atoms with E-state index in [1.54, 1.807) is 47.7 Å². The van der Waals surface area contributed by atoms with Crippen LogP contribution >= 0.6 is 22.6 Å². The van der Waals surface area contributed by atoms with Gasteiger partial charge in [0.25, 0.3) is 0 Å². The molecule has 178 valence electrons. The molecule has 2 rings (SSSR count). The van der Waals surface area contributed by atoms with Crippen LogP contribution in [-0.2, 0) is 25.6 Å². The summed E-state index contributed by atoms with van der Waals surface area (Å²) < 4.78 is 43.3. The lowest BCUT2D eigenvalue weighted by Gasteiger charge is -2.11. The van der Waals surface area contributed by atoms with Crippen LogP contribution in [0.5, 0.6) is 0 Å². The Balaban J connectivity index is 2.26. The number of aliphatic imine (C=N–C) groups is 1. The van der Waals surface area contributed by atoms with Crippen LogP contribution in [-0.4, -0.2) is 49.5 Å². The molecule has 0 bridgehead atoms. The van der Waals surface area contributed by atoms with Gasteiger partial charge in [0.1, 0.15) is 18.1 Å². The smallest absolute Gasteiger partial charge is 0.343 e. The molecular weight excluding hydrogens is 551 g/mol. The van der Waals surface area contributed by atoms with Crippen LogP contribution in [0, 0.1) is 15.2 Å². The number of aliphatic hydroxyl groups is 2. The quantitative estimate of drug-likeness (QED) is 0.0606. The Morgan fingerprint density at radius 3 is 2.73 bits per heavy atom. The van der Waals surface area contributed by atoms with Crippen molar-refractivity contribution in [1.29, 1.82) is 0 Å². The summed E-state index contributed by atoms with van der Waals surface area (Å²) in [5.74, 6) is -4.27. The molecule has 1 unspecified atom stereocenters. The number of esters is 1. The Morgan fingerprint density at radius 2 is 2.03 bits per heavy atom. The zero-order valence-electron chi connectivity index (χ0n) is 18.1. The molecule has 1 atom stereocenters.